The Labute approximate surface area is 123 Å². The molecule has 1 aliphatic rings. The zero-order chi connectivity index (χ0) is 14.8. The van der Waals surface area contributed by atoms with E-state index in [0.717, 1.165) is 10.7 Å². The van der Waals surface area contributed by atoms with Gasteiger partial charge in [-0.3, -0.25) is 0 Å². The molecule has 2 heterocycles. The van der Waals surface area contributed by atoms with Crippen molar-refractivity contribution in [1.82, 2.24) is 15.2 Å². The van der Waals surface area contributed by atoms with Gasteiger partial charge >= 0.3 is 6.03 Å². The average molecular weight is 317 g/mol. The molecule has 6 nitrogen and oxygen atoms in total. The molecule has 0 unspecified atom stereocenters. The number of aromatic nitrogens is 1. The Kier molecular flexibility index (Phi) is 4.64. The summed E-state index contributed by atoms with van der Waals surface area (Å²) in [5.74, 6) is 0.273. The van der Waals surface area contributed by atoms with Crippen molar-refractivity contribution in [1.29, 1.82) is 0 Å². The highest BCUT2D eigenvalue weighted by atomic mass is 32.2. The Morgan fingerprint density at radius 2 is 2.15 bits per heavy atom. The fourth-order valence-corrected chi connectivity index (χ4v) is 4.01. The molecule has 1 N–H and O–H groups in total. The number of urea groups is 1. The van der Waals surface area contributed by atoms with Gasteiger partial charge < -0.3 is 10.2 Å². The van der Waals surface area contributed by atoms with E-state index in [9.17, 15) is 13.2 Å². The van der Waals surface area contributed by atoms with Crippen molar-refractivity contribution in [3.8, 4) is 0 Å². The highest BCUT2D eigenvalue weighted by molar-refractivity contribution is 7.91. The van der Waals surface area contributed by atoms with Crippen molar-refractivity contribution in [3.05, 3.63) is 16.1 Å². The van der Waals surface area contributed by atoms with Crippen LogP contribution in [0.3, 0.4) is 0 Å². The largest absolute Gasteiger partial charge is 0.337 e. The number of carbonyl (C=O) groups is 1. The molecule has 1 aromatic heterocycles. The third-order valence-electron chi connectivity index (χ3n) is 3.25. The van der Waals surface area contributed by atoms with Crippen LogP contribution in [-0.4, -0.2) is 55.5 Å². The number of hydrogen-bond acceptors (Lipinski definition) is 5. The van der Waals surface area contributed by atoms with Crippen molar-refractivity contribution in [2.45, 2.75) is 19.8 Å². The van der Waals surface area contributed by atoms with E-state index in [-0.39, 0.29) is 36.5 Å². The average Bonchev–Trinajstić information content (AvgIpc) is 2.82. The lowest BCUT2D eigenvalue weighted by Crippen LogP contribution is -2.48. The molecule has 2 amide bonds. The molecule has 0 saturated carbocycles. The molecule has 1 atom stereocenters. The van der Waals surface area contributed by atoms with Crippen LogP contribution in [-0.2, 0) is 9.84 Å². The predicted molar refractivity (Wildman–Crippen MR) is 78.9 cm³/mol. The minimum Gasteiger partial charge on any atom is -0.337 e. The number of nitrogens with one attached hydrogen (secondary N) is 1. The Bertz CT molecular complexity index is 569. The second kappa shape index (κ2) is 6.09. The van der Waals surface area contributed by atoms with Crippen molar-refractivity contribution in [2.75, 3.05) is 31.1 Å². The lowest BCUT2D eigenvalue weighted by molar-refractivity contribution is 0.201. The van der Waals surface area contributed by atoms with Crippen LogP contribution < -0.4 is 5.32 Å². The van der Waals surface area contributed by atoms with Gasteiger partial charge in [-0.05, 0) is 6.92 Å². The van der Waals surface area contributed by atoms with Gasteiger partial charge in [-0.1, -0.05) is 6.92 Å². The SMILES string of the molecule is Cc1csc([C@H](C)CNC(=O)N2CCS(=O)(=O)CC2)n1. The first-order valence-electron chi connectivity index (χ1n) is 6.52. The van der Waals surface area contributed by atoms with Gasteiger partial charge in [0.25, 0.3) is 0 Å². The minimum atomic E-state index is -2.95. The fourth-order valence-electron chi connectivity index (χ4n) is 1.95. The van der Waals surface area contributed by atoms with Crippen molar-refractivity contribution < 1.29 is 13.2 Å². The van der Waals surface area contributed by atoms with Gasteiger partial charge in [0.1, 0.15) is 0 Å². The highest BCUT2D eigenvalue weighted by Gasteiger charge is 2.25. The van der Waals surface area contributed by atoms with Crippen molar-refractivity contribution in [2.24, 2.45) is 0 Å². The van der Waals surface area contributed by atoms with Gasteiger partial charge in [-0.15, -0.1) is 11.3 Å². The molecule has 0 bridgehead atoms. The second-order valence-corrected chi connectivity index (χ2v) is 8.25. The molecule has 1 fully saturated rings. The van der Waals surface area contributed by atoms with Gasteiger partial charge in [0.05, 0.1) is 16.5 Å². The topological polar surface area (TPSA) is 79.4 Å². The summed E-state index contributed by atoms with van der Waals surface area (Å²) in [4.78, 5) is 17.9. The van der Waals surface area contributed by atoms with Crippen LogP contribution in [0, 0.1) is 6.92 Å². The Hall–Kier alpha value is -1.15. The number of rotatable bonds is 3. The standard InChI is InChI=1S/C12H19N3O3S2/c1-9(11-14-10(2)8-19-11)7-13-12(16)15-3-5-20(17,18)6-4-15/h8-9H,3-7H2,1-2H3,(H,13,16)/t9-/m1/s1. The zero-order valence-corrected chi connectivity index (χ0v) is 13.3. The Morgan fingerprint density at radius 1 is 1.50 bits per heavy atom. The monoisotopic (exact) mass is 317 g/mol. The molecule has 0 aliphatic carbocycles. The van der Waals surface area contributed by atoms with Gasteiger partial charge in [0.2, 0.25) is 0 Å². The maximum Gasteiger partial charge on any atom is 0.317 e. The molecule has 2 rings (SSSR count). The predicted octanol–water partition coefficient (Wildman–Crippen LogP) is 0.995. The normalized spacial score (nSPS) is 19.6. The zero-order valence-electron chi connectivity index (χ0n) is 11.6. The Morgan fingerprint density at radius 3 is 2.70 bits per heavy atom. The van der Waals surface area contributed by atoms with Crippen LogP contribution >= 0.6 is 11.3 Å². The van der Waals surface area contributed by atoms with E-state index in [1.54, 1.807) is 16.2 Å². The molecular formula is C12H19N3O3S2. The number of nitrogens with zero attached hydrogens (tertiary/aromatic N) is 2. The first kappa shape index (κ1) is 15.2. The number of thiazole rings is 1. The summed E-state index contributed by atoms with van der Waals surface area (Å²) in [6.07, 6.45) is 0. The molecule has 112 valence electrons. The smallest absolute Gasteiger partial charge is 0.317 e. The van der Waals surface area contributed by atoms with Gasteiger partial charge in [-0.2, -0.15) is 0 Å². The van der Waals surface area contributed by atoms with E-state index in [2.05, 4.69) is 10.3 Å². The number of hydrogen-bond donors (Lipinski definition) is 1. The lowest BCUT2D eigenvalue weighted by atomic mass is 10.2. The summed E-state index contributed by atoms with van der Waals surface area (Å²) in [6.45, 7) is 5.02. The van der Waals surface area contributed by atoms with E-state index in [1.807, 2.05) is 19.2 Å². The summed E-state index contributed by atoms with van der Waals surface area (Å²) in [6, 6.07) is -0.194. The van der Waals surface area contributed by atoms with Crippen LogP contribution in [0.5, 0.6) is 0 Å². The second-order valence-electron chi connectivity index (χ2n) is 5.05. The highest BCUT2D eigenvalue weighted by Crippen LogP contribution is 2.18. The molecule has 0 spiro atoms. The molecule has 0 aromatic carbocycles. The molecule has 20 heavy (non-hydrogen) atoms. The summed E-state index contributed by atoms with van der Waals surface area (Å²) in [5, 5.41) is 5.84. The summed E-state index contributed by atoms with van der Waals surface area (Å²) < 4.78 is 22.6. The van der Waals surface area contributed by atoms with Gasteiger partial charge in [0, 0.05) is 36.6 Å². The van der Waals surface area contributed by atoms with Crippen LogP contribution in [0.2, 0.25) is 0 Å². The minimum absolute atomic E-state index is 0.0572. The summed E-state index contributed by atoms with van der Waals surface area (Å²) >= 11 is 1.59. The first-order chi connectivity index (χ1) is 9.37. The van der Waals surface area contributed by atoms with Gasteiger partial charge in [-0.25, -0.2) is 18.2 Å². The number of carbonyl (C=O) groups excluding carboxylic acids is 1. The Balaban J connectivity index is 1.81. The summed E-state index contributed by atoms with van der Waals surface area (Å²) in [5.41, 5.74) is 0.990. The quantitative estimate of drug-likeness (QED) is 0.902. The lowest BCUT2D eigenvalue weighted by Gasteiger charge is -2.27. The van der Waals surface area contributed by atoms with Crippen LogP contribution in [0.25, 0.3) is 0 Å². The van der Waals surface area contributed by atoms with E-state index in [1.165, 1.54) is 0 Å². The molecule has 0 radical (unpaired) electrons. The van der Waals surface area contributed by atoms with Crippen LogP contribution in [0.15, 0.2) is 5.38 Å². The van der Waals surface area contributed by atoms with Gasteiger partial charge in [0.15, 0.2) is 9.84 Å². The number of aryl methyl sites for hydroxylation is 1. The van der Waals surface area contributed by atoms with Crippen molar-refractivity contribution in [3.63, 3.8) is 0 Å². The number of amides is 2. The fraction of sp³-hybridized carbons (Fsp3) is 0.667. The number of sulfone groups is 1. The van der Waals surface area contributed by atoms with Crippen LogP contribution in [0.4, 0.5) is 4.79 Å². The third kappa shape index (κ3) is 3.92. The van der Waals surface area contributed by atoms with Crippen LogP contribution in [0.1, 0.15) is 23.5 Å². The van der Waals surface area contributed by atoms with E-state index < -0.39 is 9.84 Å². The van der Waals surface area contributed by atoms with E-state index in [0.29, 0.717) is 6.54 Å². The maximum atomic E-state index is 12.0. The summed E-state index contributed by atoms with van der Waals surface area (Å²) in [7, 11) is -2.95. The molecular weight excluding hydrogens is 298 g/mol. The molecule has 1 saturated heterocycles. The van der Waals surface area contributed by atoms with E-state index in [4.69, 9.17) is 0 Å². The molecule has 1 aromatic rings. The molecule has 8 heteroatoms. The van der Waals surface area contributed by atoms with Crippen molar-refractivity contribution >= 4 is 27.2 Å². The first-order valence-corrected chi connectivity index (χ1v) is 9.23. The van der Waals surface area contributed by atoms with E-state index >= 15 is 0 Å². The third-order valence-corrected chi connectivity index (χ3v) is 6.05. The maximum absolute atomic E-state index is 12.0. The molecule has 1 aliphatic heterocycles.